The molecule has 4 nitrogen and oxygen atoms in total. The summed E-state index contributed by atoms with van der Waals surface area (Å²) >= 11 is 3.09. The Morgan fingerprint density at radius 3 is 1.50 bits per heavy atom. The summed E-state index contributed by atoms with van der Waals surface area (Å²) < 4.78 is 0.634. The molecule has 0 amide bonds. The number of rotatable bonds is 0. The second kappa shape index (κ2) is 6.15. The maximum absolute atomic E-state index is 3.87. The Hall–Kier alpha value is -1.36. The zero-order valence-corrected chi connectivity index (χ0v) is 9.22. The predicted molar refractivity (Wildman–Crippen MR) is 56.5 cm³/mol. The van der Waals surface area contributed by atoms with Crippen molar-refractivity contribution in [2.75, 3.05) is 0 Å². The highest BCUT2D eigenvalue weighted by Gasteiger charge is 1.77. The van der Waals surface area contributed by atoms with Crippen molar-refractivity contribution in [3.05, 3.63) is 47.5 Å². The zero-order chi connectivity index (χ0) is 10.2. The van der Waals surface area contributed by atoms with Crippen molar-refractivity contribution in [1.29, 1.82) is 0 Å². The lowest BCUT2D eigenvalue weighted by atomic mass is 10.6. The van der Waals surface area contributed by atoms with Crippen LogP contribution < -0.4 is 0 Å². The number of nitrogens with zero attached hydrogens (tertiary/aromatic N) is 4. The number of aromatic nitrogens is 4. The van der Waals surface area contributed by atoms with Gasteiger partial charge in [-0.25, -0.2) is 19.9 Å². The topological polar surface area (TPSA) is 51.6 Å². The highest BCUT2D eigenvalue weighted by Crippen LogP contribution is 1.94. The minimum Gasteiger partial charge on any atom is -0.242 e. The average Bonchev–Trinajstić information content (AvgIpc) is 2.21. The third kappa shape index (κ3) is 4.61. The first-order valence-corrected chi connectivity index (χ1v) is 4.74. The third-order valence-corrected chi connectivity index (χ3v) is 1.64. The summed E-state index contributed by atoms with van der Waals surface area (Å²) in [5.74, 6) is 0.822. The molecular weight excluding hydrogens is 244 g/mol. The van der Waals surface area contributed by atoms with Crippen LogP contribution in [-0.4, -0.2) is 19.9 Å². The van der Waals surface area contributed by atoms with E-state index in [1.54, 1.807) is 36.9 Å². The second-order valence-electron chi connectivity index (χ2n) is 2.31. The average molecular weight is 253 g/mol. The molecule has 14 heavy (non-hydrogen) atoms. The van der Waals surface area contributed by atoms with Gasteiger partial charge >= 0.3 is 0 Å². The molecule has 0 atom stereocenters. The molecule has 0 radical (unpaired) electrons. The van der Waals surface area contributed by atoms with Gasteiger partial charge in [0.2, 0.25) is 0 Å². The van der Waals surface area contributed by atoms with Crippen LogP contribution in [0.5, 0.6) is 0 Å². The Bertz CT molecular complexity index is 314. The number of aryl methyl sites for hydroxylation is 1. The Balaban J connectivity index is 0.000000140. The summed E-state index contributed by atoms with van der Waals surface area (Å²) in [6.45, 7) is 1.86. The fourth-order valence-corrected chi connectivity index (χ4v) is 0.891. The molecular formula is C9H9BrN4. The van der Waals surface area contributed by atoms with Crippen molar-refractivity contribution in [1.82, 2.24) is 19.9 Å². The normalized spacial score (nSPS) is 8.71. The molecule has 0 aliphatic carbocycles. The minimum absolute atomic E-state index is 0.634. The first-order valence-electron chi connectivity index (χ1n) is 3.95. The van der Waals surface area contributed by atoms with E-state index in [1.165, 1.54) is 0 Å². The largest absolute Gasteiger partial charge is 0.242 e. The Morgan fingerprint density at radius 2 is 1.29 bits per heavy atom. The maximum Gasteiger partial charge on any atom is 0.196 e. The van der Waals surface area contributed by atoms with Crippen molar-refractivity contribution < 1.29 is 0 Å². The monoisotopic (exact) mass is 252 g/mol. The van der Waals surface area contributed by atoms with Crippen LogP contribution in [0.4, 0.5) is 0 Å². The van der Waals surface area contributed by atoms with Gasteiger partial charge in [-0.15, -0.1) is 0 Å². The first kappa shape index (κ1) is 10.7. The quantitative estimate of drug-likeness (QED) is 0.674. The molecule has 2 rings (SSSR count). The lowest BCUT2D eigenvalue weighted by Crippen LogP contribution is -1.80. The molecule has 0 spiro atoms. The molecule has 72 valence electrons. The van der Waals surface area contributed by atoms with Gasteiger partial charge in [-0.2, -0.15) is 0 Å². The van der Waals surface area contributed by atoms with Crippen molar-refractivity contribution in [2.45, 2.75) is 6.92 Å². The van der Waals surface area contributed by atoms with Crippen LogP contribution in [0, 0.1) is 6.92 Å². The minimum atomic E-state index is 0.634. The van der Waals surface area contributed by atoms with Gasteiger partial charge < -0.3 is 0 Å². The van der Waals surface area contributed by atoms with E-state index in [0.29, 0.717) is 4.73 Å². The van der Waals surface area contributed by atoms with E-state index in [2.05, 4.69) is 35.9 Å². The van der Waals surface area contributed by atoms with Gasteiger partial charge in [0.15, 0.2) is 4.73 Å². The molecule has 2 aromatic heterocycles. The van der Waals surface area contributed by atoms with Crippen molar-refractivity contribution in [3.63, 3.8) is 0 Å². The van der Waals surface area contributed by atoms with E-state index in [-0.39, 0.29) is 0 Å². The molecule has 0 saturated heterocycles. The molecule has 2 aromatic rings. The van der Waals surface area contributed by atoms with E-state index in [9.17, 15) is 0 Å². The SMILES string of the molecule is Brc1ncccn1.Cc1ncccn1. The van der Waals surface area contributed by atoms with Crippen LogP contribution in [-0.2, 0) is 0 Å². The molecule has 0 aliphatic heterocycles. The fraction of sp³-hybridized carbons (Fsp3) is 0.111. The van der Waals surface area contributed by atoms with E-state index in [4.69, 9.17) is 0 Å². The fourth-order valence-electron chi connectivity index (χ4n) is 0.655. The lowest BCUT2D eigenvalue weighted by molar-refractivity contribution is 1.05. The zero-order valence-electron chi connectivity index (χ0n) is 7.63. The summed E-state index contributed by atoms with van der Waals surface area (Å²) in [6.07, 6.45) is 6.80. The van der Waals surface area contributed by atoms with Gasteiger partial charge in [0.1, 0.15) is 5.82 Å². The predicted octanol–water partition coefficient (Wildman–Crippen LogP) is 2.02. The van der Waals surface area contributed by atoms with Crippen LogP contribution in [0.2, 0.25) is 0 Å². The molecule has 0 aromatic carbocycles. The summed E-state index contributed by atoms with van der Waals surface area (Å²) in [6, 6.07) is 3.57. The number of hydrogen-bond donors (Lipinski definition) is 0. The second-order valence-corrected chi connectivity index (χ2v) is 3.02. The smallest absolute Gasteiger partial charge is 0.196 e. The van der Waals surface area contributed by atoms with E-state index in [0.717, 1.165) is 5.82 Å². The standard InChI is InChI=1S/C5H6N2.C4H3BrN2/c1-5-6-3-2-4-7-5;5-4-6-2-1-3-7-4/h2-4H,1H3;1-3H. The van der Waals surface area contributed by atoms with Crippen molar-refractivity contribution in [3.8, 4) is 0 Å². The molecule has 0 N–H and O–H groups in total. The molecule has 0 unspecified atom stereocenters. The maximum atomic E-state index is 3.87. The summed E-state index contributed by atoms with van der Waals surface area (Å²) in [5, 5.41) is 0. The molecule has 0 fully saturated rings. The highest BCUT2D eigenvalue weighted by molar-refractivity contribution is 9.10. The van der Waals surface area contributed by atoms with Crippen LogP contribution in [0.25, 0.3) is 0 Å². The van der Waals surface area contributed by atoms with E-state index >= 15 is 0 Å². The van der Waals surface area contributed by atoms with Crippen LogP contribution in [0.15, 0.2) is 41.7 Å². The third-order valence-electron chi connectivity index (χ3n) is 1.23. The van der Waals surface area contributed by atoms with E-state index in [1.807, 2.05) is 6.92 Å². The summed E-state index contributed by atoms with van der Waals surface area (Å²) in [5.41, 5.74) is 0. The molecule has 0 saturated carbocycles. The Kier molecular flexibility index (Phi) is 4.71. The van der Waals surface area contributed by atoms with Gasteiger partial charge in [-0.1, -0.05) is 0 Å². The van der Waals surface area contributed by atoms with Gasteiger partial charge in [-0.3, -0.25) is 0 Å². The highest BCUT2D eigenvalue weighted by atomic mass is 79.9. The molecule has 2 heterocycles. The van der Waals surface area contributed by atoms with Gasteiger partial charge in [0.25, 0.3) is 0 Å². The number of halogens is 1. The molecule has 0 aliphatic rings. The van der Waals surface area contributed by atoms with Gasteiger partial charge in [0, 0.05) is 24.8 Å². The Morgan fingerprint density at radius 1 is 0.857 bits per heavy atom. The Labute approximate surface area is 90.6 Å². The summed E-state index contributed by atoms with van der Waals surface area (Å²) in [4.78, 5) is 15.3. The first-order chi connectivity index (χ1) is 6.79. The van der Waals surface area contributed by atoms with Gasteiger partial charge in [-0.05, 0) is 35.0 Å². The summed E-state index contributed by atoms with van der Waals surface area (Å²) in [7, 11) is 0. The van der Waals surface area contributed by atoms with E-state index < -0.39 is 0 Å². The molecule has 5 heteroatoms. The van der Waals surface area contributed by atoms with Crippen LogP contribution in [0.3, 0.4) is 0 Å². The van der Waals surface area contributed by atoms with Crippen LogP contribution >= 0.6 is 15.9 Å². The van der Waals surface area contributed by atoms with Gasteiger partial charge in [0.05, 0.1) is 0 Å². The van der Waals surface area contributed by atoms with Crippen molar-refractivity contribution >= 4 is 15.9 Å². The van der Waals surface area contributed by atoms with Crippen LogP contribution in [0.1, 0.15) is 5.82 Å². The lowest BCUT2D eigenvalue weighted by Gasteiger charge is -1.81. The van der Waals surface area contributed by atoms with Crippen molar-refractivity contribution in [2.24, 2.45) is 0 Å². The molecule has 0 bridgehead atoms. The number of hydrogen-bond acceptors (Lipinski definition) is 4.